The van der Waals surface area contributed by atoms with Gasteiger partial charge in [0.1, 0.15) is 0 Å². The molecule has 4 nitrogen and oxygen atoms in total. The second-order valence-corrected chi connectivity index (χ2v) is 6.92. The molecule has 0 spiro atoms. The zero-order valence-electron chi connectivity index (χ0n) is 11.8. The van der Waals surface area contributed by atoms with E-state index in [1.807, 2.05) is 13.8 Å². The molecule has 0 atom stereocenters. The molecule has 0 bridgehead atoms. The van der Waals surface area contributed by atoms with E-state index in [4.69, 9.17) is 0 Å². The first-order valence-electron chi connectivity index (χ1n) is 6.65. The minimum absolute atomic E-state index is 0.0273. The Morgan fingerprint density at radius 3 is 2.21 bits per heavy atom. The number of hydrogen-bond acceptors (Lipinski definition) is 4. The molecule has 0 aromatic heterocycles. The summed E-state index contributed by atoms with van der Waals surface area (Å²) in [7, 11) is -3.27. The van der Waals surface area contributed by atoms with Crippen molar-refractivity contribution in [2.24, 2.45) is 0 Å². The number of aliphatic hydroxyl groups is 1. The van der Waals surface area contributed by atoms with E-state index in [2.05, 4.69) is 5.32 Å². The maximum Gasteiger partial charge on any atom is 0.180 e. The Balaban J connectivity index is 3.22. The van der Waals surface area contributed by atoms with Crippen LogP contribution < -0.4 is 5.32 Å². The van der Waals surface area contributed by atoms with Crippen molar-refractivity contribution in [3.63, 3.8) is 0 Å². The molecule has 1 aromatic rings. The van der Waals surface area contributed by atoms with E-state index in [1.54, 1.807) is 31.2 Å². The van der Waals surface area contributed by atoms with Gasteiger partial charge in [-0.15, -0.1) is 0 Å². The maximum atomic E-state index is 12.1. The Labute approximate surface area is 115 Å². The fraction of sp³-hybridized carbons (Fsp3) is 0.571. The summed E-state index contributed by atoms with van der Waals surface area (Å²) < 4.78 is 24.1. The SMILES string of the molecule is CCC(CC)(CO)Nc1ccccc1S(=O)(=O)CC. The Bertz CT molecular complexity index is 499. The molecule has 1 rings (SSSR count). The summed E-state index contributed by atoms with van der Waals surface area (Å²) in [5, 5.41) is 12.8. The Morgan fingerprint density at radius 2 is 1.74 bits per heavy atom. The molecule has 19 heavy (non-hydrogen) atoms. The molecule has 0 unspecified atom stereocenters. The van der Waals surface area contributed by atoms with Gasteiger partial charge in [-0.2, -0.15) is 0 Å². The van der Waals surface area contributed by atoms with Gasteiger partial charge in [0.25, 0.3) is 0 Å². The highest BCUT2D eigenvalue weighted by Crippen LogP contribution is 2.28. The van der Waals surface area contributed by atoms with E-state index < -0.39 is 15.4 Å². The number of rotatable bonds is 7. The summed E-state index contributed by atoms with van der Waals surface area (Å²) in [6.07, 6.45) is 1.45. The molecule has 0 fully saturated rings. The van der Waals surface area contributed by atoms with Crippen molar-refractivity contribution in [2.75, 3.05) is 17.7 Å². The summed E-state index contributed by atoms with van der Waals surface area (Å²) in [5.74, 6) is 0.0655. The van der Waals surface area contributed by atoms with Crippen LogP contribution in [0, 0.1) is 0 Å². The van der Waals surface area contributed by atoms with Crippen molar-refractivity contribution >= 4 is 15.5 Å². The van der Waals surface area contributed by atoms with Gasteiger partial charge in [-0.1, -0.05) is 32.9 Å². The Morgan fingerprint density at radius 1 is 1.16 bits per heavy atom. The van der Waals surface area contributed by atoms with Crippen LogP contribution in [0.15, 0.2) is 29.2 Å². The molecule has 1 aromatic carbocycles. The topological polar surface area (TPSA) is 66.4 Å². The predicted octanol–water partition coefficient (Wildman–Crippen LogP) is 2.44. The highest BCUT2D eigenvalue weighted by molar-refractivity contribution is 7.91. The van der Waals surface area contributed by atoms with Crippen molar-refractivity contribution in [1.29, 1.82) is 0 Å². The molecule has 5 heteroatoms. The molecule has 0 aliphatic carbocycles. The monoisotopic (exact) mass is 285 g/mol. The van der Waals surface area contributed by atoms with Crippen molar-refractivity contribution in [1.82, 2.24) is 0 Å². The first-order valence-corrected chi connectivity index (χ1v) is 8.30. The van der Waals surface area contributed by atoms with Crippen LogP contribution in [0.2, 0.25) is 0 Å². The van der Waals surface area contributed by atoms with Crippen molar-refractivity contribution < 1.29 is 13.5 Å². The van der Waals surface area contributed by atoms with Crippen LogP contribution in [0.4, 0.5) is 5.69 Å². The molecule has 0 amide bonds. The third-order valence-corrected chi connectivity index (χ3v) is 5.44. The normalized spacial score (nSPS) is 12.4. The number of anilines is 1. The van der Waals surface area contributed by atoms with Gasteiger partial charge in [-0.25, -0.2) is 8.42 Å². The number of nitrogens with one attached hydrogen (secondary N) is 1. The quantitative estimate of drug-likeness (QED) is 0.807. The lowest BCUT2D eigenvalue weighted by atomic mass is 9.93. The van der Waals surface area contributed by atoms with E-state index in [0.29, 0.717) is 10.6 Å². The van der Waals surface area contributed by atoms with Gasteiger partial charge in [0, 0.05) is 0 Å². The molecule has 0 saturated heterocycles. The van der Waals surface area contributed by atoms with Crippen LogP contribution >= 0.6 is 0 Å². The summed E-state index contributed by atoms with van der Waals surface area (Å²) in [6.45, 7) is 5.55. The average molecular weight is 285 g/mol. The van der Waals surface area contributed by atoms with Crippen LogP contribution in [0.1, 0.15) is 33.6 Å². The molecular formula is C14H23NO3S. The number of aliphatic hydroxyl groups excluding tert-OH is 1. The largest absolute Gasteiger partial charge is 0.394 e. The summed E-state index contributed by atoms with van der Waals surface area (Å²) in [5.41, 5.74) is 0.0985. The Kier molecular flexibility index (Phi) is 5.38. The van der Waals surface area contributed by atoms with Crippen LogP contribution in [0.25, 0.3) is 0 Å². The van der Waals surface area contributed by atoms with E-state index in [0.717, 1.165) is 12.8 Å². The summed E-state index contributed by atoms with van der Waals surface area (Å²) in [6, 6.07) is 6.86. The standard InChI is InChI=1S/C14H23NO3S/c1-4-14(5-2,11-16)15-12-9-7-8-10-13(12)19(17,18)6-3/h7-10,15-16H,4-6,11H2,1-3H3. The second-order valence-electron chi connectivity index (χ2n) is 4.67. The van der Waals surface area contributed by atoms with Gasteiger partial charge < -0.3 is 10.4 Å². The van der Waals surface area contributed by atoms with Crippen LogP contribution in [0.3, 0.4) is 0 Å². The van der Waals surface area contributed by atoms with Crippen LogP contribution in [0.5, 0.6) is 0 Å². The van der Waals surface area contributed by atoms with Crippen molar-refractivity contribution in [3.8, 4) is 0 Å². The lowest BCUT2D eigenvalue weighted by Crippen LogP contribution is -2.41. The summed E-state index contributed by atoms with van der Waals surface area (Å²) >= 11 is 0. The van der Waals surface area contributed by atoms with Crippen LogP contribution in [-0.4, -0.2) is 31.4 Å². The molecule has 0 heterocycles. The fourth-order valence-corrected chi connectivity index (χ4v) is 3.02. The summed E-state index contributed by atoms with van der Waals surface area (Å²) in [4.78, 5) is 0.303. The third-order valence-electron chi connectivity index (χ3n) is 3.66. The number of benzene rings is 1. The highest BCUT2D eigenvalue weighted by Gasteiger charge is 2.27. The highest BCUT2D eigenvalue weighted by atomic mass is 32.2. The van der Waals surface area contributed by atoms with Gasteiger partial charge in [0.15, 0.2) is 9.84 Å². The van der Waals surface area contributed by atoms with Crippen molar-refractivity contribution in [2.45, 2.75) is 44.0 Å². The average Bonchev–Trinajstić information content (AvgIpc) is 2.45. The van der Waals surface area contributed by atoms with Gasteiger partial charge in [0.05, 0.1) is 28.5 Å². The lowest BCUT2D eigenvalue weighted by Gasteiger charge is -2.32. The van der Waals surface area contributed by atoms with E-state index in [9.17, 15) is 13.5 Å². The van der Waals surface area contributed by atoms with Gasteiger partial charge in [-0.05, 0) is 25.0 Å². The number of sulfone groups is 1. The number of hydrogen-bond donors (Lipinski definition) is 2. The first-order chi connectivity index (χ1) is 8.94. The van der Waals surface area contributed by atoms with Crippen molar-refractivity contribution in [3.05, 3.63) is 24.3 Å². The van der Waals surface area contributed by atoms with E-state index in [-0.39, 0.29) is 12.4 Å². The third kappa shape index (κ3) is 3.48. The molecule has 0 aliphatic rings. The van der Waals surface area contributed by atoms with E-state index in [1.165, 1.54) is 0 Å². The van der Waals surface area contributed by atoms with Crippen LogP contribution in [-0.2, 0) is 9.84 Å². The van der Waals surface area contributed by atoms with Gasteiger partial charge in [0.2, 0.25) is 0 Å². The van der Waals surface area contributed by atoms with Gasteiger partial charge in [-0.3, -0.25) is 0 Å². The fourth-order valence-electron chi connectivity index (χ4n) is 1.97. The zero-order chi connectivity index (χ0) is 14.5. The predicted molar refractivity (Wildman–Crippen MR) is 78.2 cm³/mol. The van der Waals surface area contributed by atoms with Gasteiger partial charge >= 0.3 is 0 Å². The molecular weight excluding hydrogens is 262 g/mol. The Hall–Kier alpha value is -1.07. The first kappa shape index (κ1) is 16.0. The molecule has 108 valence electrons. The molecule has 0 aliphatic heterocycles. The molecule has 0 saturated carbocycles. The maximum absolute atomic E-state index is 12.1. The number of para-hydroxylation sites is 1. The second kappa shape index (κ2) is 6.39. The minimum atomic E-state index is -3.27. The molecule has 0 radical (unpaired) electrons. The zero-order valence-corrected chi connectivity index (χ0v) is 12.6. The lowest BCUT2D eigenvalue weighted by molar-refractivity contribution is 0.202. The molecule has 2 N–H and O–H groups in total. The smallest absolute Gasteiger partial charge is 0.180 e. The minimum Gasteiger partial charge on any atom is -0.394 e. The van der Waals surface area contributed by atoms with E-state index >= 15 is 0 Å².